The van der Waals surface area contributed by atoms with Crippen molar-refractivity contribution < 1.29 is 23.8 Å². The van der Waals surface area contributed by atoms with Gasteiger partial charge in [-0.05, 0) is 80.6 Å². The number of nitrogen functional groups attached to an aromatic ring is 1. The summed E-state index contributed by atoms with van der Waals surface area (Å²) in [5.74, 6) is -0.789. The SMILES string of the molecule is C[C@]1(C(N)=O)COc2c1cc([C@@](O)(CCC(=O)c1ccc3nc(N)sc3c1)C1CC1)nc2-c1ccc(F)cc1. The zero-order valence-corrected chi connectivity index (χ0v) is 22.1. The Labute approximate surface area is 227 Å². The van der Waals surface area contributed by atoms with Crippen LogP contribution in [0.1, 0.15) is 54.2 Å². The van der Waals surface area contributed by atoms with Gasteiger partial charge in [0.15, 0.2) is 10.9 Å². The van der Waals surface area contributed by atoms with Gasteiger partial charge in [0.1, 0.15) is 34.9 Å². The number of aliphatic hydroxyl groups is 1. The topological polar surface area (TPSA) is 141 Å². The number of anilines is 1. The number of halogens is 1. The summed E-state index contributed by atoms with van der Waals surface area (Å²) in [6, 6.07) is 12.7. The number of aromatic nitrogens is 2. The molecule has 3 heterocycles. The molecule has 5 N–H and O–H groups in total. The van der Waals surface area contributed by atoms with Crippen molar-refractivity contribution >= 4 is 38.4 Å². The number of ether oxygens (including phenoxy) is 1. The van der Waals surface area contributed by atoms with Gasteiger partial charge < -0.3 is 21.3 Å². The van der Waals surface area contributed by atoms with Crippen molar-refractivity contribution in [3.05, 3.63) is 71.2 Å². The molecule has 2 aromatic carbocycles. The molecule has 0 saturated heterocycles. The molecule has 0 bridgehead atoms. The fraction of sp³-hybridized carbons (Fsp3) is 0.310. The number of thiazole rings is 1. The Bertz CT molecular complexity index is 1630. The van der Waals surface area contributed by atoms with Gasteiger partial charge in [-0.3, -0.25) is 9.59 Å². The number of hydrogen-bond donors (Lipinski definition) is 3. The van der Waals surface area contributed by atoms with Crippen molar-refractivity contribution in [2.75, 3.05) is 12.3 Å². The van der Waals surface area contributed by atoms with E-state index in [-0.39, 0.29) is 31.1 Å². The van der Waals surface area contributed by atoms with Crippen LogP contribution in [0.25, 0.3) is 21.5 Å². The maximum atomic E-state index is 13.7. The second kappa shape index (κ2) is 9.10. The highest BCUT2D eigenvalue weighted by molar-refractivity contribution is 7.22. The highest BCUT2D eigenvalue weighted by atomic mass is 32.1. The highest BCUT2D eigenvalue weighted by Gasteiger charge is 2.49. The molecule has 0 unspecified atom stereocenters. The molecule has 0 radical (unpaired) electrons. The van der Waals surface area contributed by atoms with Crippen molar-refractivity contribution in [2.45, 2.75) is 43.6 Å². The Morgan fingerprint density at radius 2 is 1.92 bits per heavy atom. The predicted molar refractivity (Wildman–Crippen MR) is 146 cm³/mol. The number of hydrogen-bond acceptors (Lipinski definition) is 8. The predicted octanol–water partition coefficient (Wildman–Crippen LogP) is 4.48. The van der Waals surface area contributed by atoms with E-state index in [0.29, 0.717) is 39.0 Å². The van der Waals surface area contributed by atoms with Crippen LogP contribution in [-0.2, 0) is 15.8 Å². The smallest absolute Gasteiger partial charge is 0.231 e. The third-order valence-electron chi connectivity index (χ3n) is 7.89. The summed E-state index contributed by atoms with van der Waals surface area (Å²) >= 11 is 1.31. The Kier molecular flexibility index (Phi) is 5.92. The van der Waals surface area contributed by atoms with Crippen LogP contribution in [0.5, 0.6) is 5.75 Å². The molecule has 1 saturated carbocycles. The van der Waals surface area contributed by atoms with Gasteiger partial charge in [-0.25, -0.2) is 14.4 Å². The second-order valence-corrected chi connectivity index (χ2v) is 11.6. The Hall–Kier alpha value is -3.89. The number of pyridine rings is 1. The van der Waals surface area contributed by atoms with E-state index in [9.17, 15) is 19.1 Å². The number of fused-ring (bicyclic) bond motifs is 2. The van der Waals surface area contributed by atoms with Crippen molar-refractivity contribution in [3.8, 4) is 17.0 Å². The van der Waals surface area contributed by atoms with Crippen molar-refractivity contribution in [2.24, 2.45) is 11.7 Å². The largest absolute Gasteiger partial charge is 0.489 e. The first kappa shape index (κ1) is 25.4. The number of carbonyl (C=O) groups is 2. The number of primary amides is 1. The average molecular weight is 547 g/mol. The fourth-order valence-electron chi connectivity index (χ4n) is 5.28. The summed E-state index contributed by atoms with van der Waals surface area (Å²) in [4.78, 5) is 34.8. The molecule has 0 spiro atoms. The normalized spacial score (nSPS) is 19.9. The van der Waals surface area contributed by atoms with Crippen LogP contribution in [-0.4, -0.2) is 33.4 Å². The third kappa shape index (κ3) is 4.33. The molecule has 10 heteroatoms. The number of nitrogens with zero attached hydrogens (tertiary/aromatic N) is 2. The van der Waals surface area contributed by atoms with Crippen molar-refractivity contribution in [3.63, 3.8) is 0 Å². The Morgan fingerprint density at radius 1 is 1.18 bits per heavy atom. The number of ketones is 1. The first-order valence-electron chi connectivity index (χ1n) is 12.7. The maximum Gasteiger partial charge on any atom is 0.231 e. The molecule has 4 aromatic rings. The first-order chi connectivity index (χ1) is 18.6. The van der Waals surface area contributed by atoms with Gasteiger partial charge in [-0.1, -0.05) is 11.3 Å². The molecule has 1 aliphatic carbocycles. The lowest BCUT2D eigenvalue weighted by Crippen LogP contribution is -2.40. The molecule has 2 atom stereocenters. The minimum absolute atomic E-state index is 0.0297. The minimum atomic E-state index is -1.42. The van der Waals surface area contributed by atoms with Gasteiger partial charge in [-0.15, -0.1) is 0 Å². The molecule has 2 aliphatic rings. The van der Waals surface area contributed by atoms with Crippen LogP contribution < -0.4 is 16.2 Å². The highest BCUT2D eigenvalue weighted by Crippen LogP contribution is 2.51. The van der Waals surface area contributed by atoms with Crippen LogP contribution in [0.3, 0.4) is 0 Å². The molecule has 1 amide bonds. The van der Waals surface area contributed by atoms with E-state index in [1.54, 1.807) is 43.3 Å². The number of nitrogens with two attached hydrogens (primary N) is 2. The van der Waals surface area contributed by atoms with Crippen molar-refractivity contribution in [1.82, 2.24) is 9.97 Å². The summed E-state index contributed by atoms with van der Waals surface area (Å²) in [7, 11) is 0. The molecular formula is C29H27FN4O4S. The molecule has 39 heavy (non-hydrogen) atoms. The van der Waals surface area contributed by atoms with E-state index in [4.69, 9.17) is 21.2 Å². The number of benzene rings is 2. The molecule has 6 rings (SSSR count). The van der Waals surface area contributed by atoms with Gasteiger partial charge >= 0.3 is 0 Å². The number of rotatable bonds is 8. The third-order valence-corrected chi connectivity index (χ3v) is 8.74. The number of carbonyl (C=O) groups excluding carboxylic acids is 2. The van der Waals surface area contributed by atoms with Gasteiger partial charge in [0.05, 0.1) is 15.9 Å². The zero-order valence-electron chi connectivity index (χ0n) is 21.2. The fourth-order valence-corrected chi connectivity index (χ4v) is 6.05. The summed E-state index contributed by atoms with van der Waals surface area (Å²) in [6.45, 7) is 1.73. The summed E-state index contributed by atoms with van der Waals surface area (Å²) < 4.78 is 20.4. The minimum Gasteiger partial charge on any atom is -0.489 e. The van der Waals surface area contributed by atoms with Gasteiger partial charge in [-0.2, -0.15) is 0 Å². The molecule has 8 nitrogen and oxygen atoms in total. The van der Waals surface area contributed by atoms with Crippen LogP contribution in [0.4, 0.5) is 9.52 Å². The van der Waals surface area contributed by atoms with Gasteiger partial charge in [0, 0.05) is 23.1 Å². The van der Waals surface area contributed by atoms with Crippen LogP contribution >= 0.6 is 11.3 Å². The molecule has 1 aliphatic heterocycles. The lowest BCUT2D eigenvalue weighted by Gasteiger charge is -2.29. The van der Waals surface area contributed by atoms with Gasteiger partial charge in [0.25, 0.3) is 0 Å². The quantitative estimate of drug-likeness (QED) is 0.277. The van der Waals surface area contributed by atoms with Crippen LogP contribution in [0, 0.1) is 11.7 Å². The summed E-state index contributed by atoms with van der Waals surface area (Å²) in [6.07, 6.45) is 1.79. The van der Waals surface area contributed by atoms with Gasteiger partial charge in [0.2, 0.25) is 5.91 Å². The van der Waals surface area contributed by atoms with Crippen molar-refractivity contribution in [1.29, 1.82) is 0 Å². The molecule has 1 fully saturated rings. The second-order valence-electron chi connectivity index (χ2n) is 10.6. The number of amides is 1. The van der Waals surface area contributed by atoms with E-state index < -0.39 is 22.7 Å². The van der Waals surface area contributed by atoms with E-state index in [1.807, 2.05) is 0 Å². The standard InChI is InChI=1S/C29H27FN4O4S/c1-28(26(31)36)14-38-25-19(28)13-23(34-24(25)15-2-7-18(30)8-3-15)29(37,17-5-6-17)11-10-21(35)16-4-9-20-22(12-16)39-27(32)33-20/h2-4,7-9,12-13,17,37H,5-6,10-11,14H2,1H3,(H2,31,36)(H2,32,33)/t28-,29+/m0/s1. The maximum absolute atomic E-state index is 13.7. The van der Waals surface area contributed by atoms with E-state index in [2.05, 4.69) is 4.98 Å². The molecule has 2 aromatic heterocycles. The Morgan fingerprint density at radius 3 is 2.62 bits per heavy atom. The molecule has 200 valence electrons. The average Bonchev–Trinajstić information content (AvgIpc) is 3.63. The lowest BCUT2D eigenvalue weighted by molar-refractivity contribution is -0.123. The lowest BCUT2D eigenvalue weighted by atomic mass is 9.80. The summed E-state index contributed by atoms with van der Waals surface area (Å²) in [5.41, 5.74) is 12.1. The zero-order chi connectivity index (χ0) is 27.5. The van der Waals surface area contributed by atoms with E-state index >= 15 is 0 Å². The summed E-state index contributed by atoms with van der Waals surface area (Å²) in [5, 5.41) is 12.5. The van der Waals surface area contributed by atoms with E-state index in [1.165, 1.54) is 23.5 Å². The number of Topliss-reactive ketones (excluding diaryl/α,β-unsaturated/α-hetero) is 1. The van der Waals surface area contributed by atoms with Crippen LogP contribution in [0.15, 0.2) is 48.5 Å². The monoisotopic (exact) mass is 546 g/mol. The van der Waals surface area contributed by atoms with Crippen LogP contribution in [0.2, 0.25) is 0 Å². The molecular weight excluding hydrogens is 519 g/mol. The Balaban J connectivity index is 1.39. The first-order valence-corrected chi connectivity index (χ1v) is 13.6. The van der Waals surface area contributed by atoms with E-state index in [0.717, 1.165) is 23.1 Å².